The summed E-state index contributed by atoms with van der Waals surface area (Å²) in [7, 11) is 0. The molecule has 0 aliphatic carbocycles. The maximum Gasteiger partial charge on any atom is -0.00490 e. The van der Waals surface area contributed by atoms with E-state index < -0.39 is 0 Å². The molecule has 0 saturated heterocycles. The highest BCUT2D eigenvalue weighted by molar-refractivity contribution is 4.57. The molecule has 10 heavy (non-hydrogen) atoms. The minimum Gasteiger partial charge on any atom is -0.330 e. The fourth-order valence-corrected chi connectivity index (χ4v) is 1.07. The molecule has 2 heteroatoms. The molecule has 0 amide bonds. The fraction of sp³-hybridized carbons (Fsp3) is 1.00. The van der Waals surface area contributed by atoms with E-state index in [1.54, 1.807) is 0 Å². The summed E-state index contributed by atoms with van der Waals surface area (Å²) in [6.07, 6.45) is 4.86. The lowest BCUT2D eigenvalue weighted by Crippen LogP contribution is -2.13. The standard InChI is InChI=1S/C8H20N2/c1-2-8(7-10)5-3-4-6-9/h8H,2-7,9-10H2,1H3. The van der Waals surface area contributed by atoms with Crippen LogP contribution in [-0.4, -0.2) is 13.1 Å². The van der Waals surface area contributed by atoms with Crippen molar-refractivity contribution < 1.29 is 0 Å². The topological polar surface area (TPSA) is 52.0 Å². The van der Waals surface area contributed by atoms with Crippen LogP contribution in [0, 0.1) is 5.92 Å². The molecule has 1 atom stereocenters. The van der Waals surface area contributed by atoms with Gasteiger partial charge in [-0.2, -0.15) is 0 Å². The molecule has 0 radical (unpaired) electrons. The zero-order valence-corrected chi connectivity index (χ0v) is 6.97. The lowest BCUT2D eigenvalue weighted by atomic mass is 10.00. The average Bonchev–Trinajstić information content (AvgIpc) is 1.99. The second-order valence-corrected chi connectivity index (χ2v) is 2.79. The van der Waals surface area contributed by atoms with Gasteiger partial charge in [0.2, 0.25) is 0 Å². The van der Waals surface area contributed by atoms with Crippen LogP contribution in [0.15, 0.2) is 0 Å². The number of nitrogens with two attached hydrogens (primary N) is 2. The van der Waals surface area contributed by atoms with Crippen molar-refractivity contribution in [1.82, 2.24) is 0 Å². The first-order chi connectivity index (χ1) is 4.85. The zero-order chi connectivity index (χ0) is 7.82. The zero-order valence-electron chi connectivity index (χ0n) is 6.97. The Morgan fingerprint density at radius 2 is 1.90 bits per heavy atom. The summed E-state index contributed by atoms with van der Waals surface area (Å²) >= 11 is 0. The van der Waals surface area contributed by atoms with Crippen molar-refractivity contribution in [2.45, 2.75) is 32.6 Å². The van der Waals surface area contributed by atoms with E-state index in [1.807, 2.05) is 0 Å². The van der Waals surface area contributed by atoms with Gasteiger partial charge in [0.25, 0.3) is 0 Å². The van der Waals surface area contributed by atoms with Gasteiger partial charge in [-0.25, -0.2) is 0 Å². The predicted molar refractivity (Wildman–Crippen MR) is 45.7 cm³/mol. The highest BCUT2D eigenvalue weighted by Crippen LogP contribution is 2.09. The quantitative estimate of drug-likeness (QED) is 0.548. The highest BCUT2D eigenvalue weighted by Gasteiger charge is 2.01. The van der Waals surface area contributed by atoms with E-state index in [1.165, 1.54) is 19.3 Å². The monoisotopic (exact) mass is 144 g/mol. The SMILES string of the molecule is CCC(CN)CCCCN. The van der Waals surface area contributed by atoms with Gasteiger partial charge in [-0.05, 0) is 31.8 Å². The van der Waals surface area contributed by atoms with Crippen LogP contribution in [0.25, 0.3) is 0 Å². The van der Waals surface area contributed by atoms with Gasteiger partial charge >= 0.3 is 0 Å². The van der Waals surface area contributed by atoms with Gasteiger partial charge < -0.3 is 11.5 Å². The Morgan fingerprint density at radius 3 is 2.30 bits per heavy atom. The molecule has 0 spiro atoms. The molecule has 2 nitrogen and oxygen atoms in total. The van der Waals surface area contributed by atoms with Crippen molar-refractivity contribution in [1.29, 1.82) is 0 Å². The van der Waals surface area contributed by atoms with Gasteiger partial charge in [0.05, 0.1) is 0 Å². The Kier molecular flexibility index (Phi) is 6.98. The number of unbranched alkanes of at least 4 members (excludes halogenated alkanes) is 1. The second kappa shape index (κ2) is 7.03. The first kappa shape index (κ1) is 9.92. The summed E-state index contributed by atoms with van der Waals surface area (Å²) in [4.78, 5) is 0. The maximum absolute atomic E-state index is 5.53. The molecular weight excluding hydrogens is 124 g/mol. The van der Waals surface area contributed by atoms with Crippen molar-refractivity contribution in [3.05, 3.63) is 0 Å². The van der Waals surface area contributed by atoms with Crippen LogP contribution in [0.2, 0.25) is 0 Å². The first-order valence-electron chi connectivity index (χ1n) is 4.25. The van der Waals surface area contributed by atoms with Gasteiger partial charge in [0.15, 0.2) is 0 Å². The van der Waals surface area contributed by atoms with Crippen LogP contribution in [0.4, 0.5) is 0 Å². The van der Waals surface area contributed by atoms with Crippen molar-refractivity contribution in [3.8, 4) is 0 Å². The van der Waals surface area contributed by atoms with E-state index in [0.717, 1.165) is 25.4 Å². The van der Waals surface area contributed by atoms with Crippen LogP contribution in [0.5, 0.6) is 0 Å². The third kappa shape index (κ3) is 4.77. The van der Waals surface area contributed by atoms with Gasteiger partial charge in [-0.3, -0.25) is 0 Å². The summed E-state index contributed by atoms with van der Waals surface area (Å²) in [6, 6.07) is 0. The summed E-state index contributed by atoms with van der Waals surface area (Å²) in [5.74, 6) is 0.728. The Labute approximate surface area is 64.0 Å². The summed E-state index contributed by atoms with van der Waals surface area (Å²) in [5.41, 5.74) is 10.9. The van der Waals surface area contributed by atoms with Crippen LogP contribution >= 0.6 is 0 Å². The van der Waals surface area contributed by atoms with Crippen LogP contribution in [0.3, 0.4) is 0 Å². The van der Waals surface area contributed by atoms with Crippen molar-refractivity contribution in [2.75, 3.05) is 13.1 Å². The Morgan fingerprint density at radius 1 is 1.20 bits per heavy atom. The normalized spacial score (nSPS) is 13.5. The highest BCUT2D eigenvalue weighted by atomic mass is 14.5. The number of hydrogen-bond donors (Lipinski definition) is 2. The van der Waals surface area contributed by atoms with E-state index in [2.05, 4.69) is 6.92 Å². The maximum atomic E-state index is 5.53. The van der Waals surface area contributed by atoms with E-state index in [9.17, 15) is 0 Å². The molecule has 0 heterocycles. The average molecular weight is 144 g/mol. The molecule has 62 valence electrons. The van der Waals surface area contributed by atoms with Crippen molar-refractivity contribution >= 4 is 0 Å². The lowest BCUT2D eigenvalue weighted by Gasteiger charge is -2.10. The molecule has 0 bridgehead atoms. The molecule has 0 aliphatic heterocycles. The predicted octanol–water partition coefficient (Wildman–Crippen LogP) is 1.10. The molecule has 0 aromatic carbocycles. The van der Waals surface area contributed by atoms with Gasteiger partial charge in [0, 0.05) is 0 Å². The van der Waals surface area contributed by atoms with Crippen LogP contribution < -0.4 is 11.5 Å². The Balaban J connectivity index is 3.09. The van der Waals surface area contributed by atoms with Gasteiger partial charge in [0.1, 0.15) is 0 Å². The molecule has 1 unspecified atom stereocenters. The molecule has 0 aromatic heterocycles. The molecule has 0 saturated carbocycles. The minimum absolute atomic E-state index is 0.728. The van der Waals surface area contributed by atoms with E-state index in [4.69, 9.17) is 11.5 Å². The van der Waals surface area contributed by atoms with Crippen LogP contribution in [0.1, 0.15) is 32.6 Å². The first-order valence-corrected chi connectivity index (χ1v) is 4.25. The molecular formula is C8H20N2. The van der Waals surface area contributed by atoms with Gasteiger partial charge in [-0.15, -0.1) is 0 Å². The Hall–Kier alpha value is -0.0800. The van der Waals surface area contributed by atoms with E-state index in [0.29, 0.717) is 0 Å². The minimum atomic E-state index is 0.728. The third-order valence-corrected chi connectivity index (χ3v) is 1.98. The molecule has 0 aromatic rings. The number of rotatable bonds is 6. The summed E-state index contributed by atoms with van der Waals surface area (Å²) in [5, 5.41) is 0. The smallest absolute Gasteiger partial charge is 0.00490 e. The molecule has 0 aliphatic rings. The third-order valence-electron chi connectivity index (χ3n) is 1.98. The molecule has 4 N–H and O–H groups in total. The molecule has 0 fully saturated rings. The summed E-state index contributed by atoms with van der Waals surface area (Å²) in [6.45, 7) is 3.85. The Bertz CT molecular complexity index is 60.3. The van der Waals surface area contributed by atoms with Crippen molar-refractivity contribution in [2.24, 2.45) is 17.4 Å². The van der Waals surface area contributed by atoms with E-state index >= 15 is 0 Å². The second-order valence-electron chi connectivity index (χ2n) is 2.79. The van der Waals surface area contributed by atoms with Crippen LogP contribution in [-0.2, 0) is 0 Å². The fourth-order valence-electron chi connectivity index (χ4n) is 1.07. The lowest BCUT2D eigenvalue weighted by molar-refractivity contribution is 0.458. The largest absolute Gasteiger partial charge is 0.330 e. The van der Waals surface area contributed by atoms with Crippen molar-refractivity contribution in [3.63, 3.8) is 0 Å². The molecule has 0 rings (SSSR count). The van der Waals surface area contributed by atoms with E-state index in [-0.39, 0.29) is 0 Å². The summed E-state index contributed by atoms with van der Waals surface area (Å²) < 4.78 is 0. The van der Waals surface area contributed by atoms with Gasteiger partial charge in [-0.1, -0.05) is 19.8 Å². The number of hydrogen-bond acceptors (Lipinski definition) is 2.